The number of sulfone groups is 1. The van der Waals surface area contributed by atoms with Crippen LogP contribution < -0.4 is 11.1 Å². The van der Waals surface area contributed by atoms with Crippen LogP contribution in [0.2, 0.25) is 0 Å². The predicted octanol–water partition coefficient (Wildman–Crippen LogP) is 0.606. The zero-order valence-corrected chi connectivity index (χ0v) is 19.6. The summed E-state index contributed by atoms with van der Waals surface area (Å²) in [5, 5.41) is 30.5. The van der Waals surface area contributed by atoms with Gasteiger partial charge in [0.1, 0.15) is 11.9 Å². The van der Waals surface area contributed by atoms with Crippen molar-refractivity contribution in [2.75, 3.05) is 6.54 Å². The number of nitrogens with two attached hydrogens (primary N) is 1. The highest BCUT2D eigenvalue weighted by Crippen LogP contribution is 2.44. The first-order valence-corrected chi connectivity index (χ1v) is 12.9. The Balaban J connectivity index is 1.64. The van der Waals surface area contributed by atoms with Gasteiger partial charge in [-0.15, -0.1) is 0 Å². The van der Waals surface area contributed by atoms with Crippen LogP contribution in [0.15, 0.2) is 47.1 Å². The van der Waals surface area contributed by atoms with E-state index < -0.39 is 57.1 Å². The Morgan fingerprint density at radius 2 is 2.15 bits per heavy atom. The zero-order chi connectivity index (χ0) is 24.7. The number of carbonyl (C=O) groups excluding carboxylic acids is 1. The molecular weight excluding hydrogens is 462 g/mol. The van der Waals surface area contributed by atoms with Gasteiger partial charge in [0.15, 0.2) is 15.6 Å². The summed E-state index contributed by atoms with van der Waals surface area (Å²) >= 11 is 0. The van der Waals surface area contributed by atoms with Crippen molar-refractivity contribution in [1.29, 1.82) is 5.41 Å². The van der Waals surface area contributed by atoms with Crippen molar-refractivity contribution in [1.82, 2.24) is 5.32 Å². The van der Waals surface area contributed by atoms with Crippen LogP contribution in [0.5, 0.6) is 0 Å². The van der Waals surface area contributed by atoms with Gasteiger partial charge < -0.3 is 36.1 Å². The van der Waals surface area contributed by atoms with E-state index >= 15 is 0 Å². The van der Waals surface area contributed by atoms with Gasteiger partial charge in [0.05, 0.1) is 23.6 Å². The molecule has 1 saturated heterocycles. The Bertz CT molecular complexity index is 1070. The van der Waals surface area contributed by atoms with Crippen LogP contribution in [0.3, 0.4) is 0 Å². The molecule has 1 amide bonds. The van der Waals surface area contributed by atoms with Crippen LogP contribution in [0.25, 0.3) is 0 Å². The average Bonchev–Trinajstić information content (AvgIpc) is 2.82. The highest BCUT2D eigenvalue weighted by Gasteiger charge is 2.56. The third-order valence-electron chi connectivity index (χ3n) is 7.05. The maximum absolute atomic E-state index is 13.3. The van der Waals surface area contributed by atoms with E-state index in [2.05, 4.69) is 5.32 Å². The van der Waals surface area contributed by atoms with Gasteiger partial charge in [-0.2, -0.15) is 0 Å². The maximum Gasteiger partial charge on any atom is 0.243 e. The second kappa shape index (κ2) is 9.38. The summed E-state index contributed by atoms with van der Waals surface area (Å²) in [5.41, 5.74) is 4.87. The van der Waals surface area contributed by atoms with Crippen LogP contribution in [0, 0.1) is 17.2 Å². The van der Waals surface area contributed by atoms with Crippen LogP contribution >= 0.6 is 0 Å². The number of amides is 1. The van der Waals surface area contributed by atoms with Crippen molar-refractivity contribution in [3.8, 4) is 0 Å². The summed E-state index contributed by atoms with van der Waals surface area (Å²) in [6.07, 6.45) is 7.32. The van der Waals surface area contributed by atoms with E-state index in [4.69, 9.17) is 20.6 Å². The second-order valence-corrected chi connectivity index (χ2v) is 11.5. The van der Waals surface area contributed by atoms with Crippen molar-refractivity contribution in [2.45, 2.75) is 61.6 Å². The highest BCUT2D eigenvalue weighted by atomic mass is 32.2. The van der Waals surface area contributed by atoms with Gasteiger partial charge in [0.2, 0.25) is 5.91 Å². The molecular formula is C23H31N3O7S. The molecule has 186 valence electrons. The summed E-state index contributed by atoms with van der Waals surface area (Å²) in [5.74, 6) is -1.50. The first-order valence-electron chi connectivity index (χ1n) is 11.3. The Labute approximate surface area is 198 Å². The molecule has 0 aromatic heterocycles. The Morgan fingerprint density at radius 1 is 1.38 bits per heavy atom. The van der Waals surface area contributed by atoms with E-state index in [0.717, 1.165) is 6.21 Å². The Hall–Kier alpha value is -2.31. The summed E-state index contributed by atoms with van der Waals surface area (Å²) in [7, 11) is -3.76. The predicted molar refractivity (Wildman–Crippen MR) is 125 cm³/mol. The molecule has 0 radical (unpaired) electrons. The van der Waals surface area contributed by atoms with Gasteiger partial charge >= 0.3 is 0 Å². The molecule has 2 aliphatic carbocycles. The fraction of sp³-hybridized carbons (Fsp3) is 0.565. The normalized spacial score (nSPS) is 38.9. The highest BCUT2D eigenvalue weighted by molar-refractivity contribution is 7.96. The quantitative estimate of drug-likeness (QED) is 0.335. The molecule has 11 heteroatoms. The number of carbonyl (C=O) groups is 1. The van der Waals surface area contributed by atoms with E-state index in [1.54, 1.807) is 25.2 Å². The van der Waals surface area contributed by atoms with Gasteiger partial charge in [0, 0.05) is 35.6 Å². The zero-order valence-electron chi connectivity index (χ0n) is 18.8. The maximum atomic E-state index is 13.3. The van der Waals surface area contributed by atoms with Crippen LogP contribution in [-0.4, -0.2) is 72.7 Å². The molecule has 6 N–H and O–H groups in total. The lowest BCUT2D eigenvalue weighted by atomic mass is 9.75. The first kappa shape index (κ1) is 24.8. The monoisotopic (exact) mass is 493 g/mol. The second-order valence-electron chi connectivity index (χ2n) is 9.24. The summed E-state index contributed by atoms with van der Waals surface area (Å²) in [6.45, 7) is 1.87. The summed E-state index contributed by atoms with van der Waals surface area (Å²) < 4.78 is 39.0. The molecule has 0 aromatic carbocycles. The van der Waals surface area contributed by atoms with Crippen LogP contribution in [-0.2, 0) is 24.1 Å². The van der Waals surface area contributed by atoms with E-state index in [9.17, 15) is 23.4 Å². The number of aliphatic hydroxyl groups is 2. The standard InChI is InChI=1S/C23H31N3O7S/c1-13(11-24)23(25)22(29)21(32-15-5-8-20(28)26-12-15)18-10-17(6-7-19(18)33-23)34(30,31)16-4-2-3-14(27)9-16/h2-3,5-6,8-9,11,13,15-16,18-19,21-22,24,27,29H,4,7,10,12,25H2,1H3,(H,26,28)/t13?,15?,16?,18?,19?,21-,22+,23?/m1/s1. The van der Waals surface area contributed by atoms with Crippen molar-refractivity contribution in [3.63, 3.8) is 0 Å². The number of rotatable bonds is 6. The third kappa shape index (κ3) is 4.50. The van der Waals surface area contributed by atoms with Crippen LogP contribution in [0.1, 0.15) is 26.2 Å². The van der Waals surface area contributed by atoms with Crippen molar-refractivity contribution in [3.05, 3.63) is 47.1 Å². The minimum atomic E-state index is -3.76. The molecule has 4 aliphatic rings. The molecule has 4 rings (SSSR count). The molecule has 1 fully saturated rings. The van der Waals surface area contributed by atoms with Gasteiger partial charge in [-0.05, 0) is 37.5 Å². The van der Waals surface area contributed by atoms with Gasteiger partial charge in [-0.25, -0.2) is 8.42 Å². The number of hydrogen-bond acceptors (Lipinski definition) is 9. The van der Waals surface area contributed by atoms with Gasteiger partial charge in [-0.1, -0.05) is 19.1 Å². The van der Waals surface area contributed by atoms with E-state index in [1.165, 1.54) is 18.2 Å². The van der Waals surface area contributed by atoms with E-state index in [-0.39, 0.29) is 42.4 Å². The summed E-state index contributed by atoms with van der Waals surface area (Å²) in [6, 6.07) is 0. The number of hydrogen-bond donors (Lipinski definition) is 5. The smallest absolute Gasteiger partial charge is 0.243 e. The van der Waals surface area contributed by atoms with Crippen molar-refractivity contribution in [2.24, 2.45) is 17.6 Å². The van der Waals surface area contributed by atoms with Crippen LogP contribution in [0.4, 0.5) is 0 Å². The number of nitrogens with one attached hydrogen (secondary N) is 2. The number of fused-ring (bicyclic) bond motifs is 1. The van der Waals surface area contributed by atoms with Gasteiger partial charge in [0.25, 0.3) is 0 Å². The SMILES string of the molecule is CC(C=N)C1(N)OC2CC=C(S(=O)(=O)C3C=C(O)C=CC3)CC2[C@@H](OC2C=CC(=O)NC2)[C@@H]1O. The average molecular weight is 494 g/mol. The molecule has 6 unspecified atom stereocenters. The fourth-order valence-electron chi connectivity index (χ4n) is 4.94. The molecule has 8 atom stereocenters. The molecule has 0 aromatic rings. The van der Waals surface area contributed by atoms with Gasteiger partial charge in [-0.3, -0.25) is 4.79 Å². The van der Waals surface area contributed by atoms with Crippen molar-refractivity contribution < 1.29 is 32.9 Å². The fourth-order valence-corrected chi connectivity index (χ4v) is 6.76. The van der Waals surface area contributed by atoms with E-state index in [1.807, 2.05) is 0 Å². The molecule has 0 saturated carbocycles. The number of aliphatic hydroxyl groups excluding tert-OH is 2. The Morgan fingerprint density at radius 3 is 2.79 bits per heavy atom. The molecule has 0 bridgehead atoms. The molecule has 2 aliphatic heterocycles. The number of ether oxygens (including phenoxy) is 2. The Kier molecular flexibility index (Phi) is 6.85. The first-order chi connectivity index (χ1) is 16.1. The largest absolute Gasteiger partial charge is 0.508 e. The molecule has 10 nitrogen and oxygen atoms in total. The van der Waals surface area contributed by atoms with Crippen molar-refractivity contribution >= 4 is 22.0 Å². The molecule has 0 spiro atoms. The minimum absolute atomic E-state index is 0.0708. The lowest BCUT2D eigenvalue weighted by molar-refractivity contribution is -0.273. The topological polar surface area (TPSA) is 172 Å². The summed E-state index contributed by atoms with van der Waals surface area (Å²) in [4.78, 5) is 11.7. The minimum Gasteiger partial charge on any atom is -0.508 e. The molecule has 2 heterocycles. The lowest BCUT2D eigenvalue weighted by Crippen LogP contribution is -2.70. The third-order valence-corrected chi connectivity index (χ3v) is 9.24. The van der Waals surface area contributed by atoms with E-state index in [0.29, 0.717) is 0 Å². The lowest BCUT2D eigenvalue weighted by Gasteiger charge is -2.53. The molecule has 34 heavy (non-hydrogen) atoms. The number of allylic oxidation sites excluding steroid dienone is 3.